The Bertz CT molecular complexity index is 1210. The maximum Gasteiger partial charge on any atom is 0.139 e. The van der Waals surface area contributed by atoms with E-state index < -0.39 is 0 Å². The number of halogens is 2. The highest BCUT2D eigenvalue weighted by molar-refractivity contribution is 9.10. The molecular weight excluding hydrogens is 447 g/mol. The SMILES string of the molecule is Cc1ccc(-n2nccn2)c(N2CCC[C@@]2(C)c2nc3cc(Br)c(F)cc3[nH]2)c1C. The number of benzene rings is 2. The monoisotopic (exact) mass is 468 g/mol. The molecule has 2 aromatic heterocycles. The molecule has 30 heavy (non-hydrogen) atoms. The van der Waals surface area contributed by atoms with Crippen LogP contribution in [0.3, 0.4) is 0 Å². The van der Waals surface area contributed by atoms with Crippen molar-refractivity contribution in [1.29, 1.82) is 0 Å². The van der Waals surface area contributed by atoms with Gasteiger partial charge in [-0.25, -0.2) is 9.37 Å². The predicted molar refractivity (Wildman–Crippen MR) is 119 cm³/mol. The van der Waals surface area contributed by atoms with Crippen molar-refractivity contribution in [3.8, 4) is 5.69 Å². The van der Waals surface area contributed by atoms with Gasteiger partial charge in [0.2, 0.25) is 0 Å². The van der Waals surface area contributed by atoms with Gasteiger partial charge in [-0.3, -0.25) is 0 Å². The van der Waals surface area contributed by atoms with Crippen molar-refractivity contribution in [2.75, 3.05) is 11.4 Å². The number of aromatic nitrogens is 5. The molecule has 0 radical (unpaired) electrons. The van der Waals surface area contributed by atoms with Gasteiger partial charge in [-0.15, -0.1) is 4.80 Å². The van der Waals surface area contributed by atoms with Gasteiger partial charge in [-0.2, -0.15) is 10.2 Å². The minimum absolute atomic E-state index is 0.298. The number of nitrogens with zero attached hydrogens (tertiary/aromatic N) is 5. The number of hydrogen-bond donors (Lipinski definition) is 1. The maximum atomic E-state index is 14.1. The summed E-state index contributed by atoms with van der Waals surface area (Å²) in [5, 5.41) is 8.75. The van der Waals surface area contributed by atoms with Crippen molar-refractivity contribution in [3.05, 3.63) is 63.9 Å². The normalized spacial score (nSPS) is 19.2. The highest BCUT2D eigenvalue weighted by Gasteiger charge is 2.42. The highest BCUT2D eigenvalue weighted by atomic mass is 79.9. The Morgan fingerprint density at radius 3 is 2.70 bits per heavy atom. The molecule has 8 heteroatoms. The smallest absolute Gasteiger partial charge is 0.139 e. The number of aryl methyl sites for hydroxylation is 1. The van der Waals surface area contributed by atoms with Gasteiger partial charge >= 0.3 is 0 Å². The standard InChI is InChI=1S/C22H22BrFN6/c1-13-5-6-19(30-25-8-9-26-30)20(14(13)2)29-10-4-7-22(29,3)21-27-17-11-15(23)16(24)12-18(17)28-21/h5-6,8-9,11-12H,4,7,10H2,1-3H3,(H,27,28)/t22-/m0/s1. The van der Waals surface area contributed by atoms with Crippen LogP contribution in [-0.2, 0) is 5.54 Å². The van der Waals surface area contributed by atoms with Gasteiger partial charge in [0.15, 0.2) is 0 Å². The van der Waals surface area contributed by atoms with Crippen LogP contribution in [0.2, 0.25) is 0 Å². The quantitative estimate of drug-likeness (QED) is 0.449. The Balaban J connectivity index is 1.68. The van der Waals surface area contributed by atoms with Gasteiger partial charge in [0.05, 0.1) is 39.1 Å². The minimum atomic E-state index is -0.359. The molecule has 154 valence electrons. The first-order chi connectivity index (χ1) is 14.4. The van der Waals surface area contributed by atoms with Crippen LogP contribution < -0.4 is 4.90 Å². The molecule has 4 aromatic rings. The van der Waals surface area contributed by atoms with E-state index in [9.17, 15) is 4.39 Å². The Hall–Kier alpha value is -2.74. The number of imidazole rings is 1. The number of anilines is 1. The van der Waals surface area contributed by atoms with Gasteiger partial charge < -0.3 is 9.88 Å². The molecule has 3 heterocycles. The topological polar surface area (TPSA) is 62.6 Å². The van der Waals surface area contributed by atoms with E-state index in [4.69, 9.17) is 4.98 Å². The van der Waals surface area contributed by atoms with E-state index in [0.29, 0.717) is 9.99 Å². The zero-order chi connectivity index (χ0) is 21.0. The molecule has 6 nitrogen and oxygen atoms in total. The summed E-state index contributed by atoms with van der Waals surface area (Å²) in [5.41, 5.74) is 5.56. The summed E-state index contributed by atoms with van der Waals surface area (Å²) in [4.78, 5) is 12.3. The zero-order valence-electron chi connectivity index (χ0n) is 17.1. The lowest BCUT2D eigenvalue weighted by molar-refractivity contribution is 0.465. The van der Waals surface area contributed by atoms with Crippen LogP contribution in [0.25, 0.3) is 16.7 Å². The van der Waals surface area contributed by atoms with Crippen LogP contribution >= 0.6 is 15.9 Å². The van der Waals surface area contributed by atoms with Gasteiger partial charge in [-0.05, 0) is 72.8 Å². The van der Waals surface area contributed by atoms with E-state index in [1.165, 1.54) is 17.2 Å². The molecule has 0 spiro atoms. The van der Waals surface area contributed by atoms with Crippen molar-refractivity contribution < 1.29 is 4.39 Å². The summed E-state index contributed by atoms with van der Waals surface area (Å²) in [7, 11) is 0. The second kappa shape index (κ2) is 6.91. The molecule has 0 unspecified atom stereocenters. The third-order valence-electron chi connectivity index (χ3n) is 6.26. The lowest BCUT2D eigenvalue weighted by Crippen LogP contribution is -2.40. The average Bonchev–Trinajstić information content (AvgIpc) is 3.45. The summed E-state index contributed by atoms with van der Waals surface area (Å²) in [5.74, 6) is 0.542. The second-order valence-electron chi connectivity index (χ2n) is 8.09. The number of fused-ring (bicyclic) bond motifs is 1. The molecule has 1 aliphatic rings. The van der Waals surface area contributed by atoms with Crippen LogP contribution in [0.4, 0.5) is 10.1 Å². The lowest BCUT2D eigenvalue weighted by Gasteiger charge is -2.37. The van der Waals surface area contributed by atoms with Crippen LogP contribution in [-0.4, -0.2) is 31.5 Å². The third-order valence-corrected chi connectivity index (χ3v) is 6.87. The molecule has 1 N–H and O–H groups in total. The summed E-state index contributed by atoms with van der Waals surface area (Å²) in [6.07, 6.45) is 5.35. The number of rotatable bonds is 3. The average molecular weight is 469 g/mol. The molecule has 2 aromatic carbocycles. The van der Waals surface area contributed by atoms with Crippen LogP contribution in [0, 0.1) is 19.7 Å². The zero-order valence-corrected chi connectivity index (χ0v) is 18.7. The molecule has 5 rings (SSSR count). The van der Waals surface area contributed by atoms with E-state index in [0.717, 1.165) is 42.1 Å². The molecule has 1 saturated heterocycles. The Kier molecular flexibility index (Phi) is 4.43. The molecule has 0 amide bonds. The number of nitrogens with one attached hydrogen (secondary N) is 1. The van der Waals surface area contributed by atoms with E-state index in [2.05, 4.69) is 68.9 Å². The molecule has 1 fully saturated rings. The summed E-state index contributed by atoms with van der Waals surface area (Å²) < 4.78 is 14.5. The molecule has 1 aliphatic heterocycles. The Labute approximate surface area is 182 Å². The number of aromatic amines is 1. The molecule has 0 saturated carbocycles. The minimum Gasteiger partial charge on any atom is -0.357 e. The van der Waals surface area contributed by atoms with E-state index >= 15 is 0 Å². The fourth-order valence-electron chi connectivity index (χ4n) is 4.46. The van der Waals surface area contributed by atoms with Gasteiger partial charge in [0.25, 0.3) is 0 Å². The van der Waals surface area contributed by atoms with Crippen LogP contribution in [0.1, 0.15) is 36.7 Å². The second-order valence-corrected chi connectivity index (χ2v) is 8.95. The van der Waals surface area contributed by atoms with Crippen molar-refractivity contribution in [2.24, 2.45) is 0 Å². The Morgan fingerprint density at radius 2 is 1.93 bits per heavy atom. The molecule has 1 atom stereocenters. The van der Waals surface area contributed by atoms with Gasteiger partial charge in [0.1, 0.15) is 17.3 Å². The van der Waals surface area contributed by atoms with Crippen molar-refractivity contribution in [1.82, 2.24) is 25.0 Å². The maximum absolute atomic E-state index is 14.1. The van der Waals surface area contributed by atoms with Crippen molar-refractivity contribution in [2.45, 2.75) is 39.2 Å². The highest BCUT2D eigenvalue weighted by Crippen LogP contribution is 2.45. The van der Waals surface area contributed by atoms with E-state index in [-0.39, 0.29) is 11.4 Å². The largest absolute Gasteiger partial charge is 0.357 e. The lowest BCUT2D eigenvalue weighted by atomic mass is 9.95. The first kappa shape index (κ1) is 19.2. The first-order valence-electron chi connectivity index (χ1n) is 9.98. The molecular formula is C22H22BrFN6. The summed E-state index contributed by atoms with van der Waals surface area (Å²) in [6, 6.07) is 7.40. The third kappa shape index (κ3) is 2.85. The molecule has 0 bridgehead atoms. The van der Waals surface area contributed by atoms with Crippen LogP contribution in [0.15, 0.2) is 41.1 Å². The predicted octanol–water partition coefficient (Wildman–Crippen LogP) is 5.18. The summed E-state index contributed by atoms with van der Waals surface area (Å²) in [6.45, 7) is 7.35. The van der Waals surface area contributed by atoms with Crippen molar-refractivity contribution >= 4 is 32.7 Å². The fraction of sp³-hybridized carbons (Fsp3) is 0.318. The Morgan fingerprint density at radius 1 is 1.17 bits per heavy atom. The summed E-state index contributed by atoms with van der Waals surface area (Å²) >= 11 is 3.26. The number of hydrogen-bond acceptors (Lipinski definition) is 4. The van der Waals surface area contributed by atoms with Crippen LogP contribution in [0.5, 0.6) is 0 Å². The van der Waals surface area contributed by atoms with E-state index in [1.807, 2.05) is 0 Å². The fourth-order valence-corrected chi connectivity index (χ4v) is 4.79. The first-order valence-corrected chi connectivity index (χ1v) is 10.8. The van der Waals surface area contributed by atoms with E-state index in [1.54, 1.807) is 23.3 Å². The van der Waals surface area contributed by atoms with Gasteiger partial charge in [-0.1, -0.05) is 6.07 Å². The number of H-pyrrole nitrogens is 1. The van der Waals surface area contributed by atoms with Crippen molar-refractivity contribution in [3.63, 3.8) is 0 Å². The molecule has 0 aliphatic carbocycles. The van der Waals surface area contributed by atoms with Gasteiger partial charge in [0, 0.05) is 12.6 Å².